The summed E-state index contributed by atoms with van der Waals surface area (Å²) in [5, 5.41) is 0. The molecule has 0 aliphatic rings. The Hall–Kier alpha value is -0.520. The van der Waals surface area contributed by atoms with Crippen molar-refractivity contribution >= 4 is 15.9 Å². The molecule has 0 aliphatic heterocycles. The summed E-state index contributed by atoms with van der Waals surface area (Å²) in [7, 11) is 1.51. The second kappa shape index (κ2) is 5.70. The summed E-state index contributed by atoms with van der Waals surface area (Å²) in [5.74, 6) is -1.18. The zero-order chi connectivity index (χ0) is 12.3. The number of rotatable bonds is 4. The number of halogens is 3. The highest BCUT2D eigenvalue weighted by atomic mass is 79.9. The number of benzene rings is 1. The van der Waals surface area contributed by atoms with Crippen molar-refractivity contribution in [1.82, 2.24) is 0 Å². The van der Waals surface area contributed by atoms with E-state index in [0.717, 1.165) is 0 Å². The standard InChI is InChI=1S/C11H14BrF2NO/c1-6(16-2)10(15)5-7-9(13)4-3-8(12)11(7)14/h3-4,6,10H,5,15H2,1-2H3. The van der Waals surface area contributed by atoms with Gasteiger partial charge in [-0.15, -0.1) is 0 Å². The van der Waals surface area contributed by atoms with Gasteiger partial charge in [0.15, 0.2) is 0 Å². The molecule has 0 saturated carbocycles. The van der Waals surface area contributed by atoms with Gasteiger partial charge < -0.3 is 10.5 Å². The van der Waals surface area contributed by atoms with Crippen LogP contribution in [-0.4, -0.2) is 19.3 Å². The number of ether oxygens (including phenoxy) is 1. The summed E-state index contributed by atoms with van der Waals surface area (Å²) in [5.41, 5.74) is 5.77. The molecule has 0 spiro atoms. The lowest BCUT2D eigenvalue weighted by atomic mass is 10.0. The van der Waals surface area contributed by atoms with E-state index in [0.29, 0.717) is 0 Å². The van der Waals surface area contributed by atoms with E-state index in [1.54, 1.807) is 6.92 Å². The first kappa shape index (κ1) is 13.5. The second-order valence-corrected chi connectivity index (χ2v) is 4.48. The maximum absolute atomic E-state index is 13.6. The summed E-state index contributed by atoms with van der Waals surface area (Å²) in [6, 6.07) is 2.11. The highest BCUT2D eigenvalue weighted by molar-refractivity contribution is 9.10. The lowest BCUT2D eigenvalue weighted by Crippen LogP contribution is -2.36. The molecular formula is C11H14BrF2NO. The molecule has 5 heteroatoms. The number of methoxy groups -OCH3 is 1. The van der Waals surface area contributed by atoms with E-state index >= 15 is 0 Å². The fraction of sp³-hybridized carbons (Fsp3) is 0.455. The topological polar surface area (TPSA) is 35.2 Å². The minimum Gasteiger partial charge on any atom is -0.380 e. The lowest BCUT2D eigenvalue weighted by molar-refractivity contribution is 0.0950. The van der Waals surface area contributed by atoms with Crippen molar-refractivity contribution < 1.29 is 13.5 Å². The molecule has 90 valence electrons. The predicted molar refractivity (Wildman–Crippen MR) is 62.2 cm³/mol. The Morgan fingerprint density at radius 1 is 1.44 bits per heavy atom. The normalized spacial score (nSPS) is 14.9. The highest BCUT2D eigenvalue weighted by Gasteiger charge is 2.19. The average molecular weight is 294 g/mol. The number of hydrogen-bond donors (Lipinski definition) is 1. The Morgan fingerprint density at radius 3 is 2.62 bits per heavy atom. The maximum atomic E-state index is 13.6. The first-order chi connectivity index (χ1) is 7.47. The molecule has 0 fully saturated rings. The van der Waals surface area contributed by atoms with Gasteiger partial charge in [-0.05, 0) is 41.4 Å². The van der Waals surface area contributed by atoms with Gasteiger partial charge in [-0.3, -0.25) is 0 Å². The summed E-state index contributed by atoms with van der Waals surface area (Å²) >= 11 is 3.01. The van der Waals surface area contributed by atoms with Gasteiger partial charge in [0.25, 0.3) is 0 Å². The Kier molecular flexibility index (Phi) is 4.83. The van der Waals surface area contributed by atoms with E-state index in [1.165, 1.54) is 19.2 Å². The van der Waals surface area contributed by atoms with Crippen molar-refractivity contribution in [2.24, 2.45) is 5.73 Å². The van der Waals surface area contributed by atoms with Crippen molar-refractivity contribution in [3.05, 3.63) is 33.8 Å². The number of hydrogen-bond acceptors (Lipinski definition) is 2. The molecule has 0 bridgehead atoms. The zero-order valence-corrected chi connectivity index (χ0v) is 10.7. The summed E-state index contributed by atoms with van der Waals surface area (Å²) < 4.78 is 32.3. The molecule has 1 aromatic rings. The van der Waals surface area contributed by atoms with Crippen LogP contribution in [0.1, 0.15) is 12.5 Å². The fourth-order valence-corrected chi connectivity index (χ4v) is 1.70. The molecule has 1 aromatic carbocycles. The van der Waals surface area contributed by atoms with Gasteiger partial charge in [-0.25, -0.2) is 8.78 Å². The van der Waals surface area contributed by atoms with E-state index < -0.39 is 17.7 Å². The van der Waals surface area contributed by atoms with Crippen LogP contribution in [0.5, 0.6) is 0 Å². The fourth-order valence-electron chi connectivity index (χ4n) is 1.33. The third-order valence-corrected chi connectivity index (χ3v) is 3.17. The SMILES string of the molecule is COC(C)C(N)Cc1c(F)ccc(Br)c1F. The smallest absolute Gasteiger partial charge is 0.143 e. The Bertz CT molecular complexity index is 373. The third kappa shape index (κ3) is 2.99. The Morgan fingerprint density at radius 2 is 2.06 bits per heavy atom. The van der Waals surface area contributed by atoms with Gasteiger partial charge in [-0.1, -0.05) is 0 Å². The molecule has 0 radical (unpaired) electrons. The van der Waals surface area contributed by atoms with Crippen LogP contribution >= 0.6 is 15.9 Å². The average Bonchev–Trinajstić information content (AvgIpc) is 2.28. The van der Waals surface area contributed by atoms with Crippen LogP contribution < -0.4 is 5.73 Å². The van der Waals surface area contributed by atoms with Gasteiger partial charge in [0.1, 0.15) is 11.6 Å². The van der Waals surface area contributed by atoms with E-state index in [4.69, 9.17) is 10.5 Å². The van der Waals surface area contributed by atoms with Crippen LogP contribution in [0.15, 0.2) is 16.6 Å². The third-order valence-electron chi connectivity index (χ3n) is 2.55. The van der Waals surface area contributed by atoms with Gasteiger partial charge in [0, 0.05) is 18.7 Å². The van der Waals surface area contributed by atoms with Gasteiger partial charge in [0.2, 0.25) is 0 Å². The number of nitrogens with two attached hydrogens (primary N) is 1. The van der Waals surface area contributed by atoms with Crippen molar-refractivity contribution in [2.75, 3.05) is 7.11 Å². The van der Waals surface area contributed by atoms with Gasteiger partial charge >= 0.3 is 0 Å². The lowest BCUT2D eigenvalue weighted by Gasteiger charge is -2.19. The first-order valence-corrected chi connectivity index (χ1v) is 5.67. The molecule has 0 saturated heterocycles. The minimum atomic E-state index is -0.598. The van der Waals surface area contributed by atoms with Crippen molar-refractivity contribution in [1.29, 1.82) is 0 Å². The zero-order valence-electron chi connectivity index (χ0n) is 9.14. The summed E-state index contributed by atoms with van der Waals surface area (Å²) in [6.07, 6.45) is -0.149. The predicted octanol–water partition coefficient (Wildman–Crippen LogP) is 2.63. The van der Waals surface area contributed by atoms with E-state index in [9.17, 15) is 8.78 Å². The van der Waals surface area contributed by atoms with E-state index in [1.807, 2.05) is 0 Å². The van der Waals surface area contributed by atoms with Gasteiger partial charge in [0.05, 0.1) is 10.6 Å². The van der Waals surface area contributed by atoms with E-state index in [-0.39, 0.29) is 22.6 Å². The molecule has 16 heavy (non-hydrogen) atoms. The molecule has 2 unspecified atom stereocenters. The van der Waals surface area contributed by atoms with Crippen LogP contribution in [0.25, 0.3) is 0 Å². The largest absolute Gasteiger partial charge is 0.380 e. The quantitative estimate of drug-likeness (QED) is 0.866. The molecule has 0 aromatic heterocycles. The monoisotopic (exact) mass is 293 g/mol. The van der Waals surface area contributed by atoms with Crippen LogP contribution in [0.2, 0.25) is 0 Å². The first-order valence-electron chi connectivity index (χ1n) is 4.88. The highest BCUT2D eigenvalue weighted by Crippen LogP contribution is 2.23. The molecule has 2 N–H and O–H groups in total. The van der Waals surface area contributed by atoms with Crippen molar-refractivity contribution in [2.45, 2.75) is 25.5 Å². The van der Waals surface area contributed by atoms with Gasteiger partial charge in [-0.2, -0.15) is 0 Å². The molecule has 0 heterocycles. The van der Waals surface area contributed by atoms with E-state index in [2.05, 4.69) is 15.9 Å². The summed E-state index contributed by atoms with van der Waals surface area (Å²) in [6.45, 7) is 1.76. The Balaban J connectivity index is 2.92. The molecule has 1 rings (SSSR count). The molecule has 2 nitrogen and oxygen atoms in total. The summed E-state index contributed by atoms with van der Waals surface area (Å²) in [4.78, 5) is 0. The maximum Gasteiger partial charge on any atom is 0.143 e. The second-order valence-electron chi connectivity index (χ2n) is 3.63. The molecule has 2 atom stereocenters. The van der Waals surface area contributed by atoms with Crippen LogP contribution in [-0.2, 0) is 11.2 Å². The molecular weight excluding hydrogens is 280 g/mol. The Labute approximate surface area is 102 Å². The minimum absolute atomic E-state index is 0.00854. The van der Waals surface area contributed by atoms with Crippen molar-refractivity contribution in [3.63, 3.8) is 0 Å². The van der Waals surface area contributed by atoms with Crippen LogP contribution in [0, 0.1) is 11.6 Å². The molecule has 0 amide bonds. The van der Waals surface area contributed by atoms with Crippen molar-refractivity contribution in [3.8, 4) is 0 Å². The molecule has 0 aliphatic carbocycles. The van der Waals surface area contributed by atoms with Crippen LogP contribution in [0.3, 0.4) is 0 Å². The van der Waals surface area contributed by atoms with Crippen LogP contribution in [0.4, 0.5) is 8.78 Å².